The zero-order valence-corrected chi connectivity index (χ0v) is 26.9. The lowest BCUT2D eigenvalue weighted by molar-refractivity contribution is -0.394. The largest absolute Gasteiger partial charge is 0.494 e. The normalized spacial score (nSPS) is 14.1. The van der Waals surface area contributed by atoms with Crippen LogP contribution in [0.25, 0.3) is 6.08 Å². The molecule has 0 saturated carbocycles. The molecule has 1 atom stereocenters. The second-order valence-electron chi connectivity index (χ2n) is 10.7. The number of nitro benzene ring substituents is 2. The molecule has 2 heterocycles. The summed E-state index contributed by atoms with van der Waals surface area (Å²) in [5.41, 5.74) is 0.930. The van der Waals surface area contributed by atoms with Crippen LogP contribution in [0.5, 0.6) is 17.2 Å². The fraction of sp³-hybridized carbons (Fsp3) is 0.114. The number of non-ortho nitro benzene ring substituents is 1. The van der Waals surface area contributed by atoms with Gasteiger partial charge in [0.05, 0.1) is 44.4 Å². The maximum atomic E-state index is 14.2. The number of aromatic nitrogens is 1. The number of nitrogens with one attached hydrogen (secondary N) is 1. The van der Waals surface area contributed by atoms with Gasteiger partial charge in [0.25, 0.3) is 17.2 Å². The summed E-state index contributed by atoms with van der Waals surface area (Å²) in [5.74, 6) is 0.189. The highest BCUT2D eigenvalue weighted by atomic mass is 32.1. The Labute approximate surface area is 282 Å². The van der Waals surface area contributed by atoms with E-state index in [4.69, 9.17) is 9.47 Å². The fourth-order valence-electron chi connectivity index (χ4n) is 5.36. The molecule has 0 spiro atoms. The Kier molecular flexibility index (Phi) is 9.13. The van der Waals surface area contributed by atoms with E-state index in [0.717, 1.165) is 29.5 Å². The van der Waals surface area contributed by atoms with E-state index in [-0.39, 0.29) is 16.0 Å². The van der Waals surface area contributed by atoms with Crippen LogP contribution in [0.1, 0.15) is 31.0 Å². The highest BCUT2D eigenvalue weighted by molar-refractivity contribution is 7.07. The van der Waals surface area contributed by atoms with Crippen LogP contribution in [0.3, 0.4) is 0 Å². The lowest BCUT2D eigenvalue weighted by atomic mass is 9.95. The second-order valence-corrected chi connectivity index (χ2v) is 11.7. The van der Waals surface area contributed by atoms with Crippen LogP contribution in [0.2, 0.25) is 0 Å². The van der Waals surface area contributed by atoms with Gasteiger partial charge in [-0.25, -0.2) is 4.99 Å². The summed E-state index contributed by atoms with van der Waals surface area (Å²) >= 11 is 1.12. The van der Waals surface area contributed by atoms with Gasteiger partial charge in [-0.05, 0) is 61.9 Å². The number of allylic oxidation sites excluding steroid dienone is 1. The number of nitrogens with zero attached hydrogens (tertiary/aromatic N) is 4. The van der Waals surface area contributed by atoms with Gasteiger partial charge in [-0.2, -0.15) is 0 Å². The van der Waals surface area contributed by atoms with E-state index in [2.05, 4.69) is 10.3 Å². The molecule has 1 aromatic heterocycles. The van der Waals surface area contributed by atoms with Crippen molar-refractivity contribution in [1.29, 1.82) is 0 Å². The highest BCUT2D eigenvalue weighted by Crippen LogP contribution is 2.36. The Morgan fingerprint density at radius 3 is 2.37 bits per heavy atom. The molecular formula is C35H27N5O8S. The molecule has 0 radical (unpaired) electrons. The van der Waals surface area contributed by atoms with E-state index in [1.807, 2.05) is 25.1 Å². The number of ether oxygens (including phenoxy) is 2. The topological polar surface area (TPSA) is 168 Å². The van der Waals surface area contributed by atoms with Gasteiger partial charge in [0.15, 0.2) is 4.80 Å². The predicted octanol–water partition coefficient (Wildman–Crippen LogP) is 5.88. The molecule has 0 fully saturated rings. The number of anilines is 1. The van der Waals surface area contributed by atoms with E-state index >= 15 is 0 Å². The summed E-state index contributed by atoms with van der Waals surface area (Å²) in [6.45, 7) is 4.07. The Bertz CT molecular complexity index is 2310. The first-order chi connectivity index (χ1) is 23.6. The molecule has 14 heteroatoms. The molecule has 1 amide bonds. The van der Waals surface area contributed by atoms with Gasteiger partial charge in [0.1, 0.15) is 11.5 Å². The Balaban J connectivity index is 1.45. The minimum Gasteiger partial charge on any atom is -0.494 e. The molecule has 13 nitrogen and oxygen atoms in total. The third kappa shape index (κ3) is 6.71. The van der Waals surface area contributed by atoms with Crippen molar-refractivity contribution in [2.75, 3.05) is 11.9 Å². The molecule has 1 N–H and O–H groups in total. The number of fused-ring (bicyclic) bond motifs is 1. The van der Waals surface area contributed by atoms with Gasteiger partial charge < -0.3 is 14.8 Å². The number of hydrogen-bond acceptors (Lipinski definition) is 10. The summed E-state index contributed by atoms with van der Waals surface area (Å²) in [5, 5.41) is 25.8. The van der Waals surface area contributed by atoms with E-state index in [1.54, 1.807) is 73.7 Å². The zero-order valence-electron chi connectivity index (χ0n) is 26.1. The number of amides is 1. The van der Waals surface area contributed by atoms with Crippen LogP contribution in [0.15, 0.2) is 118 Å². The summed E-state index contributed by atoms with van der Waals surface area (Å²) in [6, 6.07) is 25.0. The number of hydrogen-bond donors (Lipinski definition) is 1. The fourth-order valence-corrected chi connectivity index (χ4v) is 6.40. The molecule has 246 valence electrons. The number of thiazole rings is 1. The van der Waals surface area contributed by atoms with Crippen LogP contribution in [0.4, 0.5) is 17.1 Å². The van der Waals surface area contributed by atoms with Crippen molar-refractivity contribution in [2.45, 2.75) is 19.9 Å². The molecule has 0 saturated heterocycles. The lowest BCUT2D eigenvalue weighted by Crippen LogP contribution is -2.40. The molecule has 6 rings (SSSR count). The van der Waals surface area contributed by atoms with Crippen LogP contribution in [0, 0.1) is 20.2 Å². The predicted molar refractivity (Wildman–Crippen MR) is 183 cm³/mol. The summed E-state index contributed by atoms with van der Waals surface area (Å²) < 4.78 is 13.3. The molecule has 0 bridgehead atoms. The first-order valence-corrected chi connectivity index (χ1v) is 15.8. The summed E-state index contributed by atoms with van der Waals surface area (Å²) in [6.07, 6.45) is 1.58. The van der Waals surface area contributed by atoms with Crippen LogP contribution >= 0.6 is 11.3 Å². The first-order valence-electron chi connectivity index (χ1n) is 15.0. The van der Waals surface area contributed by atoms with Gasteiger partial charge in [-0.1, -0.05) is 59.9 Å². The van der Waals surface area contributed by atoms with Gasteiger partial charge >= 0.3 is 5.69 Å². The number of carbonyl (C=O) groups excluding carboxylic acids is 1. The molecule has 4 aromatic carbocycles. The van der Waals surface area contributed by atoms with Crippen LogP contribution in [-0.2, 0) is 4.79 Å². The van der Waals surface area contributed by atoms with Crippen LogP contribution < -0.4 is 29.7 Å². The van der Waals surface area contributed by atoms with E-state index in [9.17, 15) is 29.8 Å². The van der Waals surface area contributed by atoms with Crippen molar-refractivity contribution in [3.05, 3.63) is 159 Å². The molecular weight excluding hydrogens is 650 g/mol. The second kappa shape index (κ2) is 13.8. The zero-order chi connectivity index (χ0) is 34.7. The third-order valence-electron chi connectivity index (χ3n) is 7.58. The number of carbonyl (C=O) groups is 1. The van der Waals surface area contributed by atoms with E-state index in [0.29, 0.717) is 45.2 Å². The van der Waals surface area contributed by atoms with Crippen molar-refractivity contribution >= 4 is 40.4 Å². The number of para-hydroxylation sites is 2. The number of nitro groups is 2. The number of rotatable bonds is 10. The van der Waals surface area contributed by atoms with Gasteiger partial charge in [0, 0.05) is 17.3 Å². The first kappa shape index (κ1) is 32.5. The van der Waals surface area contributed by atoms with Gasteiger partial charge in [-0.15, -0.1) is 0 Å². The highest BCUT2D eigenvalue weighted by Gasteiger charge is 2.32. The van der Waals surface area contributed by atoms with Gasteiger partial charge in [0.2, 0.25) is 5.75 Å². The van der Waals surface area contributed by atoms with Crippen LogP contribution in [-0.4, -0.2) is 26.9 Å². The molecule has 1 aliphatic heterocycles. The lowest BCUT2D eigenvalue weighted by Gasteiger charge is -2.25. The van der Waals surface area contributed by atoms with E-state index < -0.39 is 38.7 Å². The maximum Gasteiger partial charge on any atom is 0.318 e. The van der Waals surface area contributed by atoms with Crippen molar-refractivity contribution in [2.24, 2.45) is 4.99 Å². The molecule has 49 heavy (non-hydrogen) atoms. The monoisotopic (exact) mass is 677 g/mol. The van der Waals surface area contributed by atoms with Gasteiger partial charge in [-0.3, -0.25) is 34.4 Å². The van der Waals surface area contributed by atoms with Crippen molar-refractivity contribution in [3.63, 3.8) is 0 Å². The molecule has 0 unspecified atom stereocenters. The van der Waals surface area contributed by atoms with Crippen molar-refractivity contribution < 1.29 is 24.1 Å². The smallest absolute Gasteiger partial charge is 0.318 e. The minimum atomic E-state index is -0.827. The molecule has 1 aliphatic rings. The van der Waals surface area contributed by atoms with Crippen molar-refractivity contribution in [1.82, 2.24) is 4.57 Å². The summed E-state index contributed by atoms with van der Waals surface area (Å²) in [4.78, 5) is 54.5. The minimum absolute atomic E-state index is 0.174. The molecule has 0 aliphatic carbocycles. The Morgan fingerprint density at radius 1 is 0.959 bits per heavy atom. The average Bonchev–Trinajstić information content (AvgIpc) is 3.39. The Hall–Kier alpha value is -6.41. The third-order valence-corrected chi connectivity index (χ3v) is 8.56. The molecule has 5 aromatic rings. The average molecular weight is 678 g/mol. The van der Waals surface area contributed by atoms with Crippen molar-refractivity contribution in [3.8, 4) is 17.2 Å². The standard InChI is InChI=1S/C35H27N5O8S/c1-3-47-26-16-13-22(14-17-26)32-31(33(41)37-24-10-5-4-6-11-24)21(2)36-35-38(32)34(42)30(49-35)19-23-9-7-8-12-28(23)48-29-18-15-25(39(43)44)20-27(29)40(45)46/h4-20,32H,3H2,1-2H3,(H,37,41)/b30-19+/t32-/m1/s1. The van der Waals surface area contributed by atoms with E-state index in [1.165, 1.54) is 4.57 Å². The summed E-state index contributed by atoms with van der Waals surface area (Å²) in [7, 11) is 0. The SMILES string of the molecule is CCOc1ccc([C@@H]2C(C(=O)Nc3ccccc3)=C(C)N=c3s/c(=C/c4ccccc4Oc4ccc([N+](=O)[O-])cc4[N+](=O)[O-])c(=O)n32)cc1. The Morgan fingerprint density at radius 2 is 1.67 bits per heavy atom. The maximum absolute atomic E-state index is 14.2. The number of benzene rings is 4. The quantitative estimate of drug-likeness (QED) is 0.141.